The fourth-order valence-corrected chi connectivity index (χ4v) is 0.324. The molecule has 0 saturated carbocycles. The summed E-state index contributed by atoms with van der Waals surface area (Å²) in [4.78, 5) is 29.7. The van der Waals surface area contributed by atoms with Crippen LogP contribution in [0.15, 0.2) is 0 Å². The van der Waals surface area contributed by atoms with Crippen LogP contribution in [0.25, 0.3) is 0 Å². The zero-order valence-electron chi connectivity index (χ0n) is 8.27. The predicted molar refractivity (Wildman–Crippen MR) is 51.0 cm³/mol. The summed E-state index contributed by atoms with van der Waals surface area (Å²) < 4.78 is 0. The summed E-state index contributed by atoms with van der Waals surface area (Å²) in [5.41, 5.74) is 9.69. The lowest BCUT2D eigenvalue weighted by Crippen LogP contribution is -2.40. The molecule has 7 N–H and O–H groups in total. The third kappa shape index (κ3) is 15.1. The third-order valence-corrected chi connectivity index (χ3v) is 1.00. The molecule has 0 heterocycles. The van der Waals surface area contributed by atoms with E-state index in [9.17, 15) is 14.4 Å². The molecular formula is C7H15N3O5. The molecule has 1 atom stereocenters. The average molecular weight is 221 g/mol. The van der Waals surface area contributed by atoms with Crippen molar-refractivity contribution in [3.05, 3.63) is 0 Å². The van der Waals surface area contributed by atoms with Crippen molar-refractivity contribution in [1.29, 1.82) is 0 Å². The molecule has 1 amide bonds. The summed E-state index contributed by atoms with van der Waals surface area (Å²) in [6, 6.07) is -0.653. The van der Waals surface area contributed by atoms with Gasteiger partial charge < -0.3 is 27.0 Å². The van der Waals surface area contributed by atoms with Gasteiger partial charge in [-0.25, -0.2) is 0 Å². The standard InChI is InChI=1S/C5H10N2O3.C2H5NO2/c1-3(6)5(10)7-2-4(8)9;3-1-2(4)5/h3H,2,6H2,1H3,(H,7,10)(H,8,9);1,3H2,(H,4,5)/t3-;/m1./s1. The lowest BCUT2D eigenvalue weighted by Gasteiger charge is -2.03. The van der Waals surface area contributed by atoms with Crippen LogP contribution < -0.4 is 16.8 Å². The number of nitrogens with one attached hydrogen (secondary N) is 1. The Bertz CT molecular complexity index is 229. The van der Waals surface area contributed by atoms with E-state index in [-0.39, 0.29) is 13.1 Å². The molecule has 0 bridgehead atoms. The Labute approximate surface area is 86.2 Å². The minimum Gasteiger partial charge on any atom is -0.480 e. The molecule has 0 spiro atoms. The highest BCUT2D eigenvalue weighted by atomic mass is 16.4. The van der Waals surface area contributed by atoms with Crippen LogP contribution in [-0.4, -0.2) is 47.2 Å². The highest BCUT2D eigenvalue weighted by Crippen LogP contribution is 1.73. The van der Waals surface area contributed by atoms with E-state index in [0.717, 1.165) is 0 Å². The summed E-state index contributed by atoms with van der Waals surface area (Å²) in [6.07, 6.45) is 0. The number of carbonyl (C=O) groups is 3. The van der Waals surface area contributed by atoms with E-state index in [4.69, 9.17) is 15.9 Å². The second-order valence-corrected chi connectivity index (χ2v) is 2.50. The Balaban J connectivity index is 0. The maximum atomic E-state index is 10.5. The van der Waals surface area contributed by atoms with Crippen LogP contribution in [0.3, 0.4) is 0 Å². The Hall–Kier alpha value is -1.67. The first-order chi connectivity index (χ1) is 6.81. The summed E-state index contributed by atoms with van der Waals surface area (Å²) in [7, 11) is 0. The first kappa shape index (κ1) is 15.8. The molecule has 0 aromatic carbocycles. The maximum Gasteiger partial charge on any atom is 0.322 e. The zero-order chi connectivity index (χ0) is 12.4. The van der Waals surface area contributed by atoms with Crippen molar-refractivity contribution in [2.24, 2.45) is 11.5 Å². The molecule has 0 aliphatic heterocycles. The van der Waals surface area contributed by atoms with Crippen LogP contribution in [-0.2, 0) is 14.4 Å². The largest absolute Gasteiger partial charge is 0.480 e. The summed E-state index contributed by atoms with van der Waals surface area (Å²) in [5, 5.41) is 17.8. The molecule has 0 aromatic heterocycles. The van der Waals surface area contributed by atoms with Gasteiger partial charge >= 0.3 is 11.9 Å². The maximum absolute atomic E-state index is 10.5. The van der Waals surface area contributed by atoms with Crippen molar-refractivity contribution in [1.82, 2.24) is 5.32 Å². The van der Waals surface area contributed by atoms with E-state index < -0.39 is 23.9 Å². The highest BCUT2D eigenvalue weighted by molar-refractivity contribution is 5.84. The van der Waals surface area contributed by atoms with Crippen molar-refractivity contribution in [3.8, 4) is 0 Å². The number of nitrogens with two attached hydrogens (primary N) is 2. The second kappa shape index (κ2) is 8.91. The first-order valence-electron chi connectivity index (χ1n) is 3.98. The topological polar surface area (TPSA) is 156 Å². The second-order valence-electron chi connectivity index (χ2n) is 2.50. The molecule has 8 heteroatoms. The van der Waals surface area contributed by atoms with Gasteiger partial charge in [-0.15, -0.1) is 0 Å². The number of carboxylic acids is 2. The van der Waals surface area contributed by atoms with Gasteiger partial charge in [-0.3, -0.25) is 14.4 Å². The predicted octanol–water partition coefficient (Wildman–Crippen LogP) is -2.44. The molecular weight excluding hydrogens is 206 g/mol. The van der Waals surface area contributed by atoms with Gasteiger partial charge in [0.25, 0.3) is 0 Å². The Morgan fingerprint density at radius 2 is 1.67 bits per heavy atom. The van der Waals surface area contributed by atoms with Crippen LogP contribution >= 0.6 is 0 Å². The first-order valence-corrected chi connectivity index (χ1v) is 3.98. The fraction of sp³-hybridized carbons (Fsp3) is 0.571. The molecule has 15 heavy (non-hydrogen) atoms. The number of hydrogen-bond acceptors (Lipinski definition) is 5. The lowest BCUT2D eigenvalue weighted by molar-refractivity contribution is -0.138. The molecule has 0 radical (unpaired) electrons. The van der Waals surface area contributed by atoms with E-state index in [1.165, 1.54) is 6.92 Å². The van der Waals surface area contributed by atoms with Crippen LogP contribution in [0.2, 0.25) is 0 Å². The van der Waals surface area contributed by atoms with Crippen molar-refractivity contribution in [2.75, 3.05) is 13.1 Å². The molecule has 0 aromatic rings. The Kier molecular flexibility index (Phi) is 9.37. The molecule has 0 aliphatic rings. The summed E-state index contributed by atoms with van der Waals surface area (Å²) in [5.74, 6) is -2.50. The highest BCUT2D eigenvalue weighted by Gasteiger charge is 2.07. The monoisotopic (exact) mass is 221 g/mol. The van der Waals surface area contributed by atoms with Gasteiger partial charge in [-0.1, -0.05) is 0 Å². The number of carbonyl (C=O) groups excluding carboxylic acids is 1. The van der Waals surface area contributed by atoms with Crippen molar-refractivity contribution < 1.29 is 24.6 Å². The zero-order valence-corrected chi connectivity index (χ0v) is 8.27. The summed E-state index contributed by atoms with van der Waals surface area (Å²) in [6.45, 7) is 0.831. The third-order valence-electron chi connectivity index (χ3n) is 1.00. The lowest BCUT2D eigenvalue weighted by atomic mass is 10.3. The molecule has 0 fully saturated rings. The van der Waals surface area contributed by atoms with E-state index >= 15 is 0 Å². The molecule has 0 saturated heterocycles. The smallest absolute Gasteiger partial charge is 0.322 e. The van der Waals surface area contributed by atoms with Gasteiger partial charge in [0.1, 0.15) is 6.54 Å². The van der Waals surface area contributed by atoms with Crippen LogP contribution in [0.5, 0.6) is 0 Å². The van der Waals surface area contributed by atoms with Gasteiger partial charge in [-0.05, 0) is 6.92 Å². The Morgan fingerprint density at radius 3 is 1.87 bits per heavy atom. The Morgan fingerprint density at radius 1 is 1.27 bits per heavy atom. The van der Waals surface area contributed by atoms with E-state index in [1.54, 1.807) is 0 Å². The number of aliphatic carboxylic acids is 2. The van der Waals surface area contributed by atoms with E-state index in [2.05, 4.69) is 11.1 Å². The number of rotatable bonds is 4. The summed E-state index contributed by atoms with van der Waals surface area (Å²) >= 11 is 0. The van der Waals surface area contributed by atoms with Gasteiger partial charge in [0.2, 0.25) is 5.91 Å². The number of hydrogen-bond donors (Lipinski definition) is 5. The minimum absolute atomic E-state index is 0.278. The normalized spacial score (nSPS) is 10.6. The van der Waals surface area contributed by atoms with E-state index in [0.29, 0.717) is 0 Å². The van der Waals surface area contributed by atoms with Crippen molar-refractivity contribution >= 4 is 17.8 Å². The quantitative estimate of drug-likeness (QED) is 0.353. The molecule has 0 aliphatic carbocycles. The van der Waals surface area contributed by atoms with Gasteiger partial charge in [0.15, 0.2) is 0 Å². The van der Waals surface area contributed by atoms with Crippen LogP contribution in [0, 0.1) is 0 Å². The van der Waals surface area contributed by atoms with Crippen molar-refractivity contribution in [3.63, 3.8) is 0 Å². The number of carboxylic acid groups (broad SMARTS) is 2. The minimum atomic E-state index is -1.07. The van der Waals surface area contributed by atoms with Crippen molar-refractivity contribution in [2.45, 2.75) is 13.0 Å². The molecule has 0 unspecified atom stereocenters. The average Bonchev–Trinajstić information content (AvgIpc) is 2.14. The SMILES string of the molecule is C[C@@H](N)C(=O)NCC(=O)O.NCC(=O)O. The number of amides is 1. The molecule has 0 rings (SSSR count). The molecule has 8 nitrogen and oxygen atoms in total. The van der Waals surface area contributed by atoms with Gasteiger partial charge in [0, 0.05) is 0 Å². The van der Waals surface area contributed by atoms with E-state index in [1.807, 2.05) is 0 Å². The molecule has 88 valence electrons. The van der Waals surface area contributed by atoms with Gasteiger partial charge in [0.05, 0.1) is 12.6 Å². The van der Waals surface area contributed by atoms with Crippen LogP contribution in [0.4, 0.5) is 0 Å². The van der Waals surface area contributed by atoms with Crippen LogP contribution in [0.1, 0.15) is 6.92 Å². The fourth-order valence-electron chi connectivity index (χ4n) is 0.324. The van der Waals surface area contributed by atoms with Gasteiger partial charge in [-0.2, -0.15) is 0 Å².